The van der Waals surface area contributed by atoms with E-state index in [1.807, 2.05) is 6.92 Å². The van der Waals surface area contributed by atoms with E-state index in [9.17, 15) is 9.59 Å². The van der Waals surface area contributed by atoms with Crippen LogP contribution in [0.1, 0.15) is 6.92 Å². The number of methoxy groups -OCH3 is 1. The van der Waals surface area contributed by atoms with Gasteiger partial charge in [-0.05, 0) is 6.92 Å². The summed E-state index contributed by atoms with van der Waals surface area (Å²) in [7, 11) is 1.59. The molecule has 7 nitrogen and oxygen atoms in total. The maximum absolute atomic E-state index is 11.9. The molecule has 2 unspecified atom stereocenters. The van der Waals surface area contributed by atoms with E-state index in [0.717, 1.165) is 0 Å². The van der Waals surface area contributed by atoms with Crippen molar-refractivity contribution in [2.45, 2.75) is 18.3 Å². The fraction of sp³-hybridized carbons (Fsp3) is 0.818. The highest BCUT2D eigenvalue weighted by Crippen LogP contribution is 2.28. The molecule has 19 heavy (non-hydrogen) atoms. The second-order valence-electron chi connectivity index (χ2n) is 4.03. The molecule has 8 heteroatoms. The van der Waals surface area contributed by atoms with Crippen molar-refractivity contribution in [3.63, 3.8) is 0 Å². The Morgan fingerprint density at radius 2 is 2.16 bits per heavy atom. The minimum absolute atomic E-state index is 0.129. The molecule has 1 aliphatic heterocycles. The number of amides is 2. The van der Waals surface area contributed by atoms with Crippen molar-refractivity contribution in [3.05, 3.63) is 0 Å². The summed E-state index contributed by atoms with van der Waals surface area (Å²) in [5.41, 5.74) is 0. The van der Waals surface area contributed by atoms with Crippen LogP contribution in [0, 0.1) is 0 Å². The van der Waals surface area contributed by atoms with Gasteiger partial charge >= 0.3 is 12.0 Å². The van der Waals surface area contributed by atoms with Gasteiger partial charge in [-0.1, -0.05) is 0 Å². The van der Waals surface area contributed by atoms with Crippen LogP contribution in [0.4, 0.5) is 4.79 Å². The van der Waals surface area contributed by atoms with Crippen LogP contribution in [0.5, 0.6) is 0 Å². The van der Waals surface area contributed by atoms with Gasteiger partial charge in [0.25, 0.3) is 0 Å². The summed E-state index contributed by atoms with van der Waals surface area (Å²) in [6, 6.07) is -1.12. The summed E-state index contributed by atoms with van der Waals surface area (Å²) < 4.78 is 10.0. The molecule has 2 amide bonds. The average molecular weight is 292 g/mol. The number of hydrogen-bond donors (Lipinski definition) is 2. The van der Waals surface area contributed by atoms with E-state index in [0.29, 0.717) is 32.1 Å². The van der Waals surface area contributed by atoms with Crippen molar-refractivity contribution in [2.24, 2.45) is 0 Å². The Bertz CT molecular complexity index is 315. The number of thioether (sulfide) groups is 1. The first kappa shape index (κ1) is 16.1. The van der Waals surface area contributed by atoms with E-state index >= 15 is 0 Å². The van der Waals surface area contributed by atoms with Crippen LogP contribution in [0.25, 0.3) is 0 Å². The molecule has 1 heterocycles. The smallest absolute Gasteiger partial charge is 0.327 e. The van der Waals surface area contributed by atoms with Gasteiger partial charge in [0, 0.05) is 19.4 Å². The van der Waals surface area contributed by atoms with Gasteiger partial charge < -0.3 is 19.9 Å². The number of carboxylic acids is 1. The van der Waals surface area contributed by atoms with E-state index in [-0.39, 0.29) is 11.4 Å². The molecule has 0 spiro atoms. The highest BCUT2D eigenvalue weighted by Gasteiger charge is 2.39. The molecule has 110 valence electrons. The fourth-order valence-electron chi connectivity index (χ4n) is 1.71. The van der Waals surface area contributed by atoms with Crippen molar-refractivity contribution in [2.75, 3.05) is 39.2 Å². The first-order valence-electron chi connectivity index (χ1n) is 6.05. The van der Waals surface area contributed by atoms with Crippen molar-refractivity contribution >= 4 is 23.8 Å². The van der Waals surface area contributed by atoms with E-state index in [4.69, 9.17) is 14.6 Å². The van der Waals surface area contributed by atoms with Crippen LogP contribution < -0.4 is 5.32 Å². The van der Waals surface area contributed by atoms with Gasteiger partial charge in [0.15, 0.2) is 0 Å². The van der Waals surface area contributed by atoms with Crippen LogP contribution in [-0.2, 0) is 14.3 Å². The third-order valence-corrected chi connectivity index (χ3v) is 3.91. The number of nitrogens with zero attached hydrogens (tertiary/aromatic N) is 1. The number of carboxylic acid groups (broad SMARTS) is 1. The minimum atomic E-state index is -0.969. The predicted molar refractivity (Wildman–Crippen MR) is 71.3 cm³/mol. The Balaban J connectivity index is 2.29. The number of carbonyl (C=O) groups is 2. The largest absolute Gasteiger partial charge is 0.480 e. The summed E-state index contributed by atoms with van der Waals surface area (Å²) in [4.78, 5) is 24.3. The molecule has 0 aromatic rings. The highest BCUT2D eigenvalue weighted by atomic mass is 32.2. The molecule has 0 radical (unpaired) electrons. The molecule has 1 fully saturated rings. The second-order valence-corrected chi connectivity index (χ2v) is 5.38. The van der Waals surface area contributed by atoms with E-state index in [1.54, 1.807) is 7.11 Å². The van der Waals surface area contributed by atoms with Crippen LogP contribution >= 0.6 is 11.8 Å². The lowest BCUT2D eigenvalue weighted by Gasteiger charge is -2.25. The first-order chi connectivity index (χ1) is 9.07. The van der Waals surface area contributed by atoms with Crippen LogP contribution in [0.3, 0.4) is 0 Å². The van der Waals surface area contributed by atoms with Crippen LogP contribution in [-0.4, -0.2) is 72.7 Å². The Morgan fingerprint density at radius 3 is 2.79 bits per heavy atom. The summed E-state index contributed by atoms with van der Waals surface area (Å²) in [6.45, 7) is 3.53. The molecular weight excluding hydrogens is 272 g/mol. The monoisotopic (exact) mass is 292 g/mol. The van der Waals surface area contributed by atoms with Crippen molar-refractivity contribution in [1.82, 2.24) is 10.2 Å². The molecule has 0 aromatic carbocycles. The van der Waals surface area contributed by atoms with Crippen LogP contribution in [0.15, 0.2) is 0 Å². The number of rotatable bonds is 7. The molecule has 2 atom stereocenters. The molecule has 0 saturated carbocycles. The first-order valence-corrected chi connectivity index (χ1v) is 7.10. The van der Waals surface area contributed by atoms with Gasteiger partial charge in [0.05, 0.1) is 25.2 Å². The maximum Gasteiger partial charge on any atom is 0.327 e. The minimum Gasteiger partial charge on any atom is -0.480 e. The normalized spacial score (nSPS) is 22.5. The number of aliphatic carboxylic acids is 1. The van der Waals surface area contributed by atoms with Gasteiger partial charge in [-0.25, -0.2) is 9.59 Å². The summed E-state index contributed by atoms with van der Waals surface area (Å²) >= 11 is 1.46. The molecule has 1 aliphatic rings. The number of ether oxygens (including phenoxy) is 2. The Labute approximate surface area is 116 Å². The zero-order valence-corrected chi connectivity index (χ0v) is 11.9. The number of nitrogens with one attached hydrogen (secondary N) is 1. The quantitative estimate of drug-likeness (QED) is 0.652. The average Bonchev–Trinajstić information content (AvgIpc) is 2.75. The van der Waals surface area contributed by atoms with Gasteiger partial charge in [-0.2, -0.15) is 0 Å². The number of carbonyl (C=O) groups excluding carboxylic acids is 1. The highest BCUT2D eigenvalue weighted by molar-refractivity contribution is 8.00. The van der Waals surface area contributed by atoms with Gasteiger partial charge in [-0.3, -0.25) is 4.90 Å². The SMILES string of the molecule is COCCOCCNC(=O)N1C(C)SCC1C(=O)O. The Kier molecular flexibility index (Phi) is 6.96. The summed E-state index contributed by atoms with van der Waals surface area (Å²) in [6.07, 6.45) is 0. The molecule has 0 bridgehead atoms. The van der Waals surface area contributed by atoms with Crippen molar-refractivity contribution in [3.8, 4) is 0 Å². The fourth-order valence-corrected chi connectivity index (χ4v) is 2.87. The lowest BCUT2D eigenvalue weighted by molar-refractivity contribution is -0.141. The Hall–Kier alpha value is -0.990. The lowest BCUT2D eigenvalue weighted by Crippen LogP contribution is -2.50. The van der Waals surface area contributed by atoms with Gasteiger partial charge in [0.2, 0.25) is 0 Å². The molecule has 1 saturated heterocycles. The zero-order valence-electron chi connectivity index (χ0n) is 11.1. The van der Waals surface area contributed by atoms with Crippen molar-refractivity contribution in [1.29, 1.82) is 0 Å². The molecule has 0 aromatic heterocycles. The second kappa shape index (κ2) is 8.23. The Morgan fingerprint density at radius 1 is 1.42 bits per heavy atom. The lowest BCUT2D eigenvalue weighted by atomic mass is 10.3. The van der Waals surface area contributed by atoms with E-state index < -0.39 is 12.0 Å². The molecule has 2 N–H and O–H groups in total. The molecular formula is C11H20N2O5S. The summed E-state index contributed by atoms with van der Waals surface area (Å²) in [5.74, 6) is -0.544. The van der Waals surface area contributed by atoms with Crippen molar-refractivity contribution < 1.29 is 24.2 Å². The molecule has 1 rings (SSSR count). The third kappa shape index (κ3) is 4.88. The standard InChI is InChI=1S/C11H20N2O5S/c1-8-13(9(7-19-8)10(14)15)11(16)12-3-4-18-6-5-17-2/h8-9H,3-7H2,1-2H3,(H,12,16)(H,14,15). The zero-order chi connectivity index (χ0) is 14.3. The van der Waals surface area contributed by atoms with Crippen LogP contribution in [0.2, 0.25) is 0 Å². The van der Waals surface area contributed by atoms with E-state index in [1.165, 1.54) is 16.7 Å². The van der Waals surface area contributed by atoms with E-state index in [2.05, 4.69) is 5.32 Å². The summed E-state index contributed by atoms with van der Waals surface area (Å²) in [5, 5.41) is 11.6. The third-order valence-electron chi connectivity index (χ3n) is 2.70. The number of urea groups is 1. The topological polar surface area (TPSA) is 88.1 Å². The molecule has 0 aliphatic carbocycles. The number of hydrogen-bond acceptors (Lipinski definition) is 5. The predicted octanol–water partition coefficient (Wildman–Crippen LogP) is 0.207. The van der Waals surface area contributed by atoms with Gasteiger partial charge in [0.1, 0.15) is 6.04 Å². The maximum atomic E-state index is 11.9. The van der Waals surface area contributed by atoms with Gasteiger partial charge in [-0.15, -0.1) is 11.8 Å².